The first-order chi connectivity index (χ1) is 14.2. The normalized spacial score (nSPS) is 10.3. The molecule has 3 rings (SSSR count). The summed E-state index contributed by atoms with van der Waals surface area (Å²) >= 11 is 0. The third-order valence-electron chi connectivity index (χ3n) is 4.57. The molecule has 3 aromatic carbocycles. The van der Waals surface area contributed by atoms with Crippen LogP contribution < -0.4 is 10.1 Å². The topological polar surface area (TPSA) is 55.4 Å². The molecular formula is C25H25NO3. The molecular weight excluding hydrogens is 362 g/mol. The molecule has 0 saturated carbocycles. The maximum Gasteiger partial charge on any atom is 0.287 e. The summed E-state index contributed by atoms with van der Waals surface area (Å²) < 4.78 is 5.76. The number of aryl methyl sites for hydroxylation is 1. The van der Waals surface area contributed by atoms with E-state index in [0.717, 1.165) is 23.5 Å². The summed E-state index contributed by atoms with van der Waals surface area (Å²) in [6.45, 7) is 0.433. The number of Topliss-reactive ketones (excluding diaryl/α,β-unsaturated/α-hetero) is 1. The maximum atomic E-state index is 12.0. The van der Waals surface area contributed by atoms with Gasteiger partial charge < -0.3 is 10.1 Å². The van der Waals surface area contributed by atoms with E-state index in [0.29, 0.717) is 19.4 Å². The number of para-hydroxylation sites is 1. The lowest BCUT2D eigenvalue weighted by Gasteiger charge is -2.08. The van der Waals surface area contributed by atoms with Crippen molar-refractivity contribution in [2.45, 2.75) is 25.7 Å². The van der Waals surface area contributed by atoms with Crippen molar-refractivity contribution in [1.82, 2.24) is 5.32 Å². The van der Waals surface area contributed by atoms with Gasteiger partial charge in [0.05, 0.1) is 0 Å². The van der Waals surface area contributed by atoms with Gasteiger partial charge in [-0.3, -0.25) is 9.59 Å². The molecule has 0 fully saturated rings. The standard InChI is InChI=1S/C25H25NO3/c27-24(13-7-10-20-8-3-1-4-9-20)25(28)26-19-18-21-14-16-23(17-15-21)29-22-11-5-2-6-12-22/h1-6,8-9,11-12,14-17H,7,10,13,18-19H2,(H,26,28). The molecule has 0 aromatic heterocycles. The zero-order chi connectivity index (χ0) is 20.3. The van der Waals surface area contributed by atoms with Crippen LogP contribution in [0.25, 0.3) is 0 Å². The Morgan fingerprint density at radius 1 is 0.690 bits per heavy atom. The van der Waals surface area contributed by atoms with Gasteiger partial charge in [-0.05, 0) is 54.7 Å². The van der Waals surface area contributed by atoms with Gasteiger partial charge in [-0.25, -0.2) is 0 Å². The predicted molar refractivity (Wildman–Crippen MR) is 114 cm³/mol. The molecule has 4 heteroatoms. The number of carbonyl (C=O) groups is 2. The van der Waals surface area contributed by atoms with Crippen LogP contribution in [0.2, 0.25) is 0 Å². The van der Waals surface area contributed by atoms with Crippen LogP contribution in [0.1, 0.15) is 24.0 Å². The zero-order valence-corrected chi connectivity index (χ0v) is 16.3. The van der Waals surface area contributed by atoms with E-state index in [4.69, 9.17) is 4.74 Å². The predicted octanol–water partition coefficient (Wildman–Crippen LogP) is 4.73. The van der Waals surface area contributed by atoms with Gasteiger partial charge in [-0.15, -0.1) is 0 Å². The third-order valence-corrected chi connectivity index (χ3v) is 4.57. The number of hydrogen-bond acceptors (Lipinski definition) is 3. The van der Waals surface area contributed by atoms with E-state index in [1.54, 1.807) is 0 Å². The number of ketones is 1. The Morgan fingerprint density at radius 3 is 1.97 bits per heavy atom. The van der Waals surface area contributed by atoms with Crippen LogP contribution in [0, 0.1) is 0 Å². The van der Waals surface area contributed by atoms with Gasteiger partial charge in [0.25, 0.3) is 5.91 Å². The van der Waals surface area contributed by atoms with Gasteiger partial charge in [-0.2, -0.15) is 0 Å². The zero-order valence-electron chi connectivity index (χ0n) is 16.3. The first-order valence-corrected chi connectivity index (χ1v) is 9.87. The smallest absolute Gasteiger partial charge is 0.287 e. The molecule has 1 amide bonds. The number of benzene rings is 3. The second kappa shape index (κ2) is 10.8. The molecule has 1 N–H and O–H groups in total. The summed E-state index contributed by atoms with van der Waals surface area (Å²) in [6, 6.07) is 27.3. The fourth-order valence-corrected chi connectivity index (χ4v) is 2.98. The fraction of sp³-hybridized carbons (Fsp3) is 0.200. The Hall–Kier alpha value is -3.40. The van der Waals surface area contributed by atoms with E-state index >= 15 is 0 Å². The van der Waals surface area contributed by atoms with E-state index < -0.39 is 5.91 Å². The van der Waals surface area contributed by atoms with Gasteiger partial charge in [-0.1, -0.05) is 60.7 Å². The average Bonchev–Trinajstić information content (AvgIpc) is 2.76. The summed E-state index contributed by atoms with van der Waals surface area (Å²) in [5.74, 6) is 0.700. The Labute approximate surface area is 171 Å². The monoisotopic (exact) mass is 387 g/mol. The number of nitrogens with one attached hydrogen (secondary N) is 1. The van der Waals surface area contributed by atoms with Crippen LogP contribution in [0.15, 0.2) is 84.9 Å². The van der Waals surface area contributed by atoms with E-state index in [2.05, 4.69) is 5.32 Å². The highest BCUT2D eigenvalue weighted by Crippen LogP contribution is 2.21. The maximum absolute atomic E-state index is 12.0. The Balaban J connectivity index is 1.35. The van der Waals surface area contributed by atoms with Crippen molar-refractivity contribution in [3.8, 4) is 11.5 Å². The van der Waals surface area contributed by atoms with Gasteiger partial charge in [0.15, 0.2) is 0 Å². The lowest BCUT2D eigenvalue weighted by Crippen LogP contribution is -2.32. The van der Waals surface area contributed by atoms with Crippen LogP contribution in [0.4, 0.5) is 0 Å². The lowest BCUT2D eigenvalue weighted by molar-refractivity contribution is -0.137. The van der Waals surface area contributed by atoms with Gasteiger partial charge in [0.1, 0.15) is 11.5 Å². The minimum atomic E-state index is -0.498. The largest absolute Gasteiger partial charge is 0.457 e. The number of hydrogen-bond donors (Lipinski definition) is 1. The summed E-state index contributed by atoms with van der Waals surface area (Å²) in [5, 5.41) is 2.71. The number of rotatable bonds is 10. The molecule has 29 heavy (non-hydrogen) atoms. The molecule has 0 aliphatic rings. The summed E-state index contributed by atoms with van der Waals surface area (Å²) in [5.41, 5.74) is 2.25. The SMILES string of the molecule is O=C(CCCc1ccccc1)C(=O)NCCc1ccc(Oc2ccccc2)cc1. The molecule has 0 unspecified atom stereocenters. The van der Waals surface area contributed by atoms with Crippen LogP contribution in [-0.4, -0.2) is 18.2 Å². The average molecular weight is 387 g/mol. The molecule has 148 valence electrons. The van der Waals surface area contributed by atoms with Crippen molar-refractivity contribution >= 4 is 11.7 Å². The second-order valence-electron chi connectivity index (χ2n) is 6.83. The molecule has 0 spiro atoms. The Morgan fingerprint density at radius 2 is 1.28 bits per heavy atom. The van der Waals surface area contributed by atoms with Crippen molar-refractivity contribution in [3.63, 3.8) is 0 Å². The number of amides is 1. The summed E-state index contributed by atoms with van der Waals surface area (Å²) in [6.07, 6.45) is 2.41. The van der Waals surface area contributed by atoms with Crippen molar-refractivity contribution in [2.24, 2.45) is 0 Å². The molecule has 0 bridgehead atoms. The lowest BCUT2D eigenvalue weighted by atomic mass is 10.1. The first-order valence-electron chi connectivity index (χ1n) is 9.87. The van der Waals surface area contributed by atoms with Crippen LogP contribution in [0.5, 0.6) is 11.5 Å². The van der Waals surface area contributed by atoms with Crippen LogP contribution in [0.3, 0.4) is 0 Å². The number of ether oxygens (including phenoxy) is 1. The summed E-state index contributed by atoms with van der Waals surface area (Å²) in [7, 11) is 0. The molecule has 4 nitrogen and oxygen atoms in total. The highest BCUT2D eigenvalue weighted by Gasteiger charge is 2.12. The van der Waals surface area contributed by atoms with E-state index in [-0.39, 0.29) is 12.2 Å². The molecule has 0 atom stereocenters. The van der Waals surface area contributed by atoms with Gasteiger partial charge >= 0.3 is 0 Å². The quantitative estimate of drug-likeness (QED) is 0.512. The summed E-state index contributed by atoms with van der Waals surface area (Å²) in [4.78, 5) is 23.9. The van der Waals surface area contributed by atoms with Crippen LogP contribution >= 0.6 is 0 Å². The van der Waals surface area contributed by atoms with E-state index in [1.165, 1.54) is 5.56 Å². The Kier molecular flexibility index (Phi) is 7.58. The minimum absolute atomic E-state index is 0.270. The van der Waals surface area contributed by atoms with E-state index in [1.807, 2.05) is 84.9 Å². The van der Waals surface area contributed by atoms with Crippen molar-refractivity contribution in [3.05, 3.63) is 96.1 Å². The fourth-order valence-electron chi connectivity index (χ4n) is 2.98. The van der Waals surface area contributed by atoms with Crippen molar-refractivity contribution < 1.29 is 14.3 Å². The molecule has 0 aliphatic carbocycles. The highest BCUT2D eigenvalue weighted by atomic mass is 16.5. The molecule has 3 aromatic rings. The molecule has 0 heterocycles. The van der Waals surface area contributed by atoms with E-state index in [9.17, 15) is 9.59 Å². The molecule has 0 aliphatic heterocycles. The van der Waals surface area contributed by atoms with Crippen LogP contribution in [-0.2, 0) is 22.4 Å². The van der Waals surface area contributed by atoms with Crippen molar-refractivity contribution in [1.29, 1.82) is 0 Å². The third kappa shape index (κ3) is 6.92. The molecule has 0 radical (unpaired) electrons. The van der Waals surface area contributed by atoms with Gasteiger partial charge in [0, 0.05) is 13.0 Å². The van der Waals surface area contributed by atoms with Crippen molar-refractivity contribution in [2.75, 3.05) is 6.54 Å². The van der Waals surface area contributed by atoms with Gasteiger partial charge in [0.2, 0.25) is 5.78 Å². The second-order valence-corrected chi connectivity index (χ2v) is 6.83. The molecule has 0 saturated heterocycles. The minimum Gasteiger partial charge on any atom is -0.457 e. The highest BCUT2D eigenvalue weighted by molar-refractivity contribution is 6.36. The first kappa shape index (κ1) is 20.3. The Bertz CT molecular complexity index is 906. The number of carbonyl (C=O) groups excluding carboxylic acids is 2.